The third-order valence-electron chi connectivity index (χ3n) is 1.92. The molecule has 0 aromatic carbocycles. The second-order valence-electron chi connectivity index (χ2n) is 2.98. The zero-order valence-corrected chi connectivity index (χ0v) is 7.25. The maximum Gasteiger partial charge on any atom is 0.0876 e. The van der Waals surface area contributed by atoms with E-state index in [0.717, 1.165) is 19.6 Å². The smallest absolute Gasteiger partial charge is 0.0876 e. The quantitative estimate of drug-likeness (QED) is 0.345. The van der Waals surface area contributed by atoms with Crippen LogP contribution in [0.5, 0.6) is 0 Å². The highest BCUT2D eigenvalue weighted by Gasteiger charge is 2.28. The highest BCUT2D eigenvalue weighted by atomic mass is 16.6. The Bertz CT molecular complexity index is 128. The maximum atomic E-state index is 5.20. The lowest BCUT2D eigenvalue weighted by Crippen LogP contribution is -2.05. The molecular weight excluding hydrogens is 140 g/mol. The zero-order chi connectivity index (χ0) is 8.10. The third-order valence-corrected chi connectivity index (χ3v) is 1.92. The van der Waals surface area contributed by atoms with Gasteiger partial charge in [-0.05, 0) is 19.3 Å². The van der Waals surface area contributed by atoms with Crippen LogP contribution >= 0.6 is 0 Å². The minimum absolute atomic E-state index is 0.518. The van der Waals surface area contributed by atoms with Crippen molar-refractivity contribution in [1.82, 2.24) is 0 Å². The summed E-state index contributed by atoms with van der Waals surface area (Å²) in [6.45, 7) is 5.92. The fraction of sp³-hybridized carbons (Fsp3) is 0.778. The molecule has 2 unspecified atom stereocenters. The summed E-state index contributed by atoms with van der Waals surface area (Å²) in [4.78, 5) is 0. The van der Waals surface area contributed by atoms with Crippen LogP contribution in [-0.4, -0.2) is 19.3 Å². The van der Waals surface area contributed by atoms with E-state index in [9.17, 15) is 0 Å². The maximum absolute atomic E-state index is 5.20. The van der Waals surface area contributed by atoms with Crippen LogP contribution in [0.25, 0.3) is 0 Å². The van der Waals surface area contributed by atoms with Crippen molar-refractivity contribution >= 4 is 0 Å². The molecule has 0 N–H and O–H groups in total. The summed E-state index contributed by atoms with van der Waals surface area (Å²) in [5, 5.41) is 0. The number of epoxide rings is 1. The molecule has 11 heavy (non-hydrogen) atoms. The zero-order valence-electron chi connectivity index (χ0n) is 7.25. The topological polar surface area (TPSA) is 21.8 Å². The van der Waals surface area contributed by atoms with E-state index in [2.05, 4.69) is 6.92 Å². The van der Waals surface area contributed by atoms with Crippen LogP contribution in [0, 0.1) is 5.92 Å². The Labute approximate surface area is 68.2 Å². The molecule has 0 aromatic heterocycles. The molecule has 0 aliphatic carbocycles. The van der Waals surface area contributed by atoms with Crippen molar-refractivity contribution in [1.29, 1.82) is 0 Å². The fourth-order valence-electron chi connectivity index (χ4n) is 0.988. The lowest BCUT2D eigenvalue weighted by atomic mass is 10.1. The molecule has 1 heterocycles. The molecule has 1 aliphatic heterocycles. The molecule has 1 fully saturated rings. The van der Waals surface area contributed by atoms with Crippen LogP contribution < -0.4 is 0 Å². The van der Waals surface area contributed by atoms with Crippen molar-refractivity contribution in [2.24, 2.45) is 5.92 Å². The molecule has 1 saturated heterocycles. The van der Waals surface area contributed by atoms with Gasteiger partial charge >= 0.3 is 0 Å². The molecule has 0 aromatic rings. The number of allylic oxidation sites excluding steroid dienone is 1. The second kappa shape index (κ2) is 4.39. The van der Waals surface area contributed by atoms with Crippen molar-refractivity contribution in [3.8, 4) is 0 Å². The molecule has 2 atom stereocenters. The molecule has 0 radical (unpaired) electrons. The van der Waals surface area contributed by atoms with E-state index in [4.69, 9.17) is 9.47 Å². The van der Waals surface area contributed by atoms with Gasteiger partial charge in [0, 0.05) is 0 Å². The van der Waals surface area contributed by atoms with Crippen LogP contribution in [0.15, 0.2) is 12.3 Å². The summed E-state index contributed by atoms with van der Waals surface area (Å²) in [6, 6.07) is 0. The van der Waals surface area contributed by atoms with Gasteiger partial charge in [0.15, 0.2) is 0 Å². The van der Waals surface area contributed by atoms with Crippen molar-refractivity contribution in [3.63, 3.8) is 0 Å². The monoisotopic (exact) mass is 156 g/mol. The Morgan fingerprint density at radius 3 is 3.00 bits per heavy atom. The number of rotatable bonds is 5. The first kappa shape index (κ1) is 8.60. The normalized spacial score (nSPS) is 25.5. The summed E-state index contributed by atoms with van der Waals surface area (Å²) < 4.78 is 10.3. The van der Waals surface area contributed by atoms with E-state index < -0.39 is 0 Å². The van der Waals surface area contributed by atoms with Crippen LogP contribution in [-0.2, 0) is 9.47 Å². The molecular formula is C9H16O2. The number of hydrogen-bond acceptors (Lipinski definition) is 2. The van der Waals surface area contributed by atoms with Gasteiger partial charge in [-0.25, -0.2) is 0 Å². The summed E-state index contributed by atoms with van der Waals surface area (Å²) in [7, 11) is 0. The Morgan fingerprint density at radius 2 is 2.45 bits per heavy atom. The Balaban J connectivity index is 1.93. The van der Waals surface area contributed by atoms with Gasteiger partial charge in [0.1, 0.15) is 0 Å². The average Bonchev–Trinajstić information content (AvgIpc) is 2.79. The molecule has 0 bridgehead atoms. The van der Waals surface area contributed by atoms with Crippen molar-refractivity contribution in [2.45, 2.75) is 26.4 Å². The summed E-state index contributed by atoms with van der Waals surface area (Å²) in [5.41, 5.74) is 0. The lowest BCUT2D eigenvalue weighted by molar-refractivity contribution is 0.210. The Kier molecular flexibility index (Phi) is 3.43. The highest BCUT2D eigenvalue weighted by Crippen LogP contribution is 2.22. The molecule has 0 spiro atoms. The summed E-state index contributed by atoms with van der Waals surface area (Å²) in [5.74, 6) is 0.653. The first-order valence-corrected chi connectivity index (χ1v) is 4.19. The third kappa shape index (κ3) is 3.42. The van der Waals surface area contributed by atoms with Crippen LogP contribution in [0.3, 0.4) is 0 Å². The molecule has 0 amide bonds. The lowest BCUT2D eigenvalue weighted by Gasteiger charge is -2.06. The van der Waals surface area contributed by atoms with Gasteiger partial charge in [-0.15, -0.1) is 0 Å². The van der Waals surface area contributed by atoms with Gasteiger partial charge in [-0.3, -0.25) is 0 Å². The highest BCUT2D eigenvalue weighted by molar-refractivity contribution is 4.76. The van der Waals surface area contributed by atoms with Crippen molar-refractivity contribution < 1.29 is 9.47 Å². The van der Waals surface area contributed by atoms with Gasteiger partial charge in [-0.2, -0.15) is 0 Å². The first-order valence-electron chi connectivity index (χ1n) is 4.19. The van der Waals surface area contributed by atoms with Crippen molar-refractivity contribution in [2.75, 3.05) is 13.2 Å². The predicted octanol–water partition coefficient (Wildman–Crippen LogP) is 1.96. The van der Waals surface area contributed by atoms with Crippen LogP contribution in [0.4, 0.5) is 0 Å². The Morgan fingerprint density at radius 1 is 1.73 bits per heavy atom. The van der Waals surface area contributed by atoms with Gasteiger partial charge < -0.3 is 9.47 Å². The number of ether oxygens (including phenoxy) is 2. The SMILES string of the molecule is CC=COCCC(C)C1CO1. The molecule has 64 valence electrons. The minimum Gasteiger partial charge on any atom is -0.502 e. The second-order valence-corrected chi connectivity index (χ2v) is 2.98. The van der Waals surface area contributed by atoms with Crippen molar-refractivity contribution in [3.05, 3.63) is 12.3 Å². The molecule has 1 aliphatic rings. The molecule has 0 saturated carbocycles. The Hall–Kier alpha value is -0.500. The van der Waals surface area contributed by atoms with E-state index in [1.165, 1.54) is 0 Å². The van der Waals surface area contributed by atoms with Crippen LogP contribution in [0.1, 0.15) is 20.3 Å². The predicted molar refractivity (Wildman–Crippen MR) is 44.3 cm³/mol. The van der Waals surface area contributed by atoms with E-state index in [1.807, 2.05) is 13.0 Å². The number of hydrogen-bond donors (Lipinski definition) is 0. The van der Waals surface area contributed by atoms with Crippen LogP contribution in [0.2, 0.25) is 0 Å². The van der Waals surface area contributed by atoms with Gasteiger partial charge in [0.05, 0.1) is 25.6 Å². The average molecular weight is 156 g/mol. The van der Waals surface area contributed by atoms with Gasteiger partial charge in [0.2, 0.25) is 0 Å². The first-order chi connectivity index (χ1) is 5.34. The summed E-state index contributed by atoms with van der Waals surface area (Å²) >= 11 is 0. The van der Waals surface area contributed by atoms with Gasteiger partial charge in [0.25, 0.3) is 0 Å². The van der Waals surface area contributed by atoms with E-state index in [1.54, 1.807) is 6.26 Å². The fourth-order valence-corrected chi connectivity index (χ4v) is 0.988. The van der Waals surface area contributed by atoms with E-state index in [-0.39, 0.29) is 0 Å². The standard InChI is InChI=1S/C9H16O2/c1-3-5-10-6-4-8(2)9-7-11-9/h3,5,8-9H,4,6-7H2,1-2H3. The van der Waals surface area contributed by atoms with E-state index >= 15 is 0 Å². The minimum atomic E-state index is 0.518. The molecule has 2 heteroatoms. The van der Waals surface area contributed by atoms with E-state index in [0.29, 0.717) is 12.0 Å². The molecule has 1 rings (SSSR count). The summed E-state index contributed by atoms with van der Waals surface area (Å²) in [6.07, 6.45) is 5.25. The molecule has 2 nitrogen and oxygen atoms in total. The largest absolute Gasteiger partial charge is 0.502 e. The van der Waals surface area contributed by atoms with Gasteiger partial charge in [-0.1, -0.05) is 13.0 Å².